The Balaban J connectivity index is 1.83. The Morgan fingerprint density at radius 1 is 1.04 bits per heavy atom. The van der Waals surface area contributed by atoms with Crippen LogP contribution in [0.25, 0.3) is 11.0 Å². The predicted octanol–water partition coefficient (Wildman–Crippen LogP) is 3.25. The second kappa shape index (κ2) is 7.47. The van der Waals surface area contributed by atoms with Crippen LogP contribution in [0.5, 0.6) is 11.5 Å². The van der Waals surface area contributed by atoms with E-state index in [0.29, 0.717) is 19.1 Å². The Hall–Kier alpha value is -2.69. The summed E-state index contributed by atoms with van der Waals surface area (Å²) in [6.07, 6.45) is 0. The number of nitrogen functional groups attached to an aromatic ring is 1. The van der Waals surface area contributed by atoms with Crippen molar-refractivity contribution in [3.63, 3.8) is 0 Å². The van der Waals surface area contributed by atoms with Gasteiger partial charge in [-0.1, -0.05) is 38.1 Å². The van der Waals surface area contributed by atoms with E-state index in [9.17, 15) is 0 Å². The van der Waals surface area contributed by atoms with Crippen molar-refractivity contribution in [1.82, 2.24) is 4.57 Å². The minimum atomic E-state index is 0.519. The number of nitrogens with two attached hydrogens (primary N) is 1. The molecule has 5 nitrogen and oxygen atoms in total. The molecule has 0 aliphatic heterocycles. The Morgan fingerprint density at radius 2 is 1.72 bits per heavy atom. The molecule has 0 aliphatic carbocycles. The van der Waals surface area contributed by atoms with Crippen LogP contribution in [-0.4, -0.2) is 18.3 Å². The molecule has 132 valence electrons. The number of hydrogen-bond donors (Lipinski definition) is 1. The third-order valence-electron chi connectivity index (χ3n) is 4.21. The van der Waals surface area contributed by atoms with Crippen molar-refractivity contribution in [1.29, 1.82) is 0 Å². The quantitative estimate of drug-likeness (QED) is 0.672. The maximum Gasteiger partial charge on any atom is 0.356 e. The van der Waals surface area contributed by atoms with Gasteiger partial charge in [0.1, 0.15) is 24.2 Å². The molecule has 0 saturated heterocycles. The molecule has 1 heterocycles. The Bertz CT molecular complexity index is 855. The molecular formula is C20H26N3O2+. The third-order valence-corrected chi connectivity index (χ3v) is 4.21. The van der Waals surface area contributed by atoms with Crippen LogP contribution in [0.2, 0.25) is 0 Å². The largest absolute Gasteiger partial charge is 0.493 e. The first-order chi connectivity index (χ1) is 12.1. The maximum atomic E-state index is 6.45. The standard InChI is InChI=1S/C20H25N3O2/c1-15(2)14-23-17-9-5-4-8-16(17)22(20(23)21)12-13-25-19-11-7-6-10-18(19)24-3/h4-11,15,21H,12-14H2,1-3H3/p+1. The summed E-state index contributed by atoms with van der Waals surface area (Å²) in [5, 5.41) is 0. The van der Waals surface area contributed by atoms with Crippen molar-refractivity contribution in [2.75, 3.05) is 19.5 Å². The Labute approximate surface area is 148 Å². The van der Waals surface area contributed by atoms with Crippen LogP contribution in [0.15, 0.2) is 48.5 Å². The summed E-state index contributed by atoms with van der Waals surface area (Å²) in [6.45, 7) is 6.49. The average molecular weight is 340 g/mol. The highest BCUT2D eigenvalue weighted by molar-refractivity contribution is 5.73. The van der Waals surface area contributed by atoms with Gasteiger partial charge in [0.2, 0.25) is 0 Å². The Morgan fingerprint density at radius 3 is 2.44 bits per heavy atom. The minimum absolute atomic E-state index is 0.519. The molecule has 1 aromatic heterocycles. The first-order valence-corrected chi connectivity index (χ1v) is 8.64. The van der Waals surface area contributed by atoms with Gasteiger partial charge in [-0.25, -0.2) is 9.13 Å². The van der Waals surface area contributed by atoms with Crippen molar-refractivity contribution in [2.45, 2.75) is 26.9 Å². The number of rotatable bonds is 7. The molecule has 0 bridgehead atoms. The molecule has 2 N–H and O–H groups in total. The molecule has 0 aliphatic rings. The molecule has 25 heavy (non-hydrogen) atoms. The van der Waals surface area contributed by atoms with E-state index in [1.807, 2.05) is 36.4 Å². The number of hydrogen-bond acceptors (Lipinski definition) is 3. The maximum absolute atomic E-state index is 6.45. The average Bonchev–Trinajstić information content (AvgIpc) is 2.87. The zero-order chi connectivity index (χ0) is 17.8. The van der Waals surface area contributed by atoms with Gasteiger partial charge in [0, 0.05) is 0 Å². The molecule has 3 rings (SSSR count). The van der Waals surface area contributed by atoms with E-state index in [-0.39, 0.29) is 0 Å². The lowest BCUT2D eigenvalue weighted by molar-refractivity contribution is -0.663. The SMILES string of the molecule is COc1ccccc1OCCn1c(N)[n+](CC(C)C)c2ccccc21. The van der Waals surface area contributed by atoms with Crippen LogP contribution in [0.4, 0.5) is 5.95 Å². The molecule has 0 fully saturated rings. The van der Waals surface area contributed by atoms with Gasteiger partial charge < -0.3 is 9.47 Å². The highest BCUT2D eigenvalue weighted by atomic mass is 16.5. The number of aromatic nitrogens is 2. The van der Waals surface area contributed by atoms with Crippen molar-refractivity contribution in [2.24, 2.45) is 5.92 Å². The summed E-state index contributed by atoms with van der Waals surface area (Å²) in [5.74, 6) is 2.77. The van der Waals surface area contributed by atoms with E-state index < -0.39 is 0 Å². The lowest BCUT2D eigenvalue weighted by Crippen LogP contribution is -2.39. The molecule has 0 atom stereocenters. The Kier molecular flexibility index (Phi) is 5.12. The van der Waals surface area contributed by atoms with Crippen LogP contribution in [0.1, 0.15) is 13.8 Å². The fraction of sp³-hybridized carbons (Fsp3) is 0.350. The molecule has 3 aromatic rings. The number of methoxy groups -OCH3 is 1. The summed E-state index contributed by atoms with van der Waals surface area (Å²) in [6, 6.07) is 16.0. The van der Waals surface area contributed by atoms with E-state index in [2.05, 4.69) is 35.1 Å². The van der Waals surface area contributed by atoms with Gasteiger partial charge in [-0.15, -0.1) is 0 Å². The van der Waals surface area contributed by atoms with Gasteiger partial charge in [0.15, 0.2) is 11.5 Å². The van der Waals surface area contributed by atoms with Crippen molar-refractivity contribution in [3.8, 4) is 11.5 Å². The fourth-order valence-electron chi connectivity index (χ4n) is 3.09. The van der Waals surface area contributed by atoms with E-state index >= 15 is 0 Å². The van der Waals surface area contributed by atoms with Crippen LogP contribution >= 0.6 is 0 Å². The molecule has 0 spiro atoms. The number of para-hydroxylation sites is 4. The molecular weight excluding hydrogens is 314 g/mol. The van der Waals surface area contributed by atoms with Crippen molar-refractivity contribution < 1.29 is 14.0 Å². The van der Waals surface area contributed by atoms with E-state index in [0.717, 1.165) is 35.0 Å². The van der Waals surface area contributed by atoms with Crippen molar-refractivity contribution in [3.05, 3.63) is 48.5 Å². The lowest BCUT2D eigenvalue weighted by Gasteiger charge is -2.10. The second-order valence-electron chi connectivity index (χ2n) is 6.50. The van der Waals surface area contributed by atoms with Gasteiger partial charge in [-0.3, -0.25) is 5.73 Å². The second-order valence-corrected chi connectivity index (χ2v) is 6.50. The zero-order valence-corrected chi connectivity index (χ0v) is 15.1. The summed E-state index contributed by atoms with van der Waals surface area (Å²) < 4.78 is 15.5. The first-order valence-electron chi connectivity index (χ1n) is 8.64. The van der Waals surface area contributed by atoms with E-state index in [1.165, 1.54) is 0 Å². The minimum Gasteiger partial charge on any atom is -0.493 e. The first kappa shape index (κ1) is 17.1. The number of nitrogens with zero attached hydrogens (tertiary/aromatic N) is 2. The van der Waals surface area contributed by atoms with Crippen molar-refractivity contribution >= 4 is 17.0 Å². The van der Waals surface area contributed by atoms with Crippen LogP contribution in [0.3, 0.4) is 0 Å². The number of imidazole rings is 1. The fourth-order valence-corrected chi connectivity index (χ4v) is 3.09. The highest BCUT2D eigenvalue weighted by Gasteiger charge is 2.21. The van der Waals surface area contributed by atoms with Gasteiger partial charge in [-0.05, 0) is 30.2 Å². The third kappa shape index (κ3) is 3.55. The summed E-state index contributed by atoms with van der Waals surface area (Å²) in [4.78, 5) is 0. The van der Waals surface area contributed by atoms with Crippen LogP contribution in [-0.2, 0) is 13.1 Å². The smallest absolute Gasteiger partial charge is 0.356 e. The summed E-state index contributed by atoms with van der Waals surface area (Å²) in [5.41, 5.74) is 8.73. The molecule has 5 heteroatoms. The topological polar surface area (TPSA) is 53.3 Å². The number of benzene rings is 2. The van der Waals surface area contributed by atoms with Gasteiger partial charge in [-0.2, -0.15) is 0 Å². The van der Waals surface area contributed by atoms with E-state index in [1.54, 1.807) is 7.11 Å². The van der Waals surface area contributed by atoms with Gasteiger partial charge in [0.05, 0.1) is 13.7 Å². The molecule has 0 saturated carbocycles. The number of fused-ring (bicyclic) bond motifs is 1. The van der Waals surface area contributed by atoms with Gasteiger partial charge >= 0.3 is 5.95 Å². The van der Waals surface area contributed by atoms with Crippen LogP contribution in [0, 0.1) is 5.92 Å². The van der Waals surface area contributed by atoms with Gasteiger partial charge in [0.25, 0.3) is 0 Å². The zero-order valence-electron chi connectivity index (χ0n) is 15.1. The summed E-state index contributed by atoms with van der Waals surface area (Å²) >= 11 is 0. The molecule has 2 aromatic carbocycles. The molecule has 0 radical (unpaired) electrons. The molecule has 0 unspecified atom stereocenters. The monoisotopic (exact) mass is 340 g/mol. The number of ether oxygens (including phenoxy) is 2. The van der Waals surface area contributed by atoms with E-state index in [4.69, 9.17) is 15.2 Å². The van der Waals surface area contributed by atoms with Crippen LogP contribution < -0.4 is 19.8 Å². The number of anilines is 1. The highest BCUT2D eigenvalue weighted by Crippen LogP contribution is 2.26. The normalized spacial score (nSPS) is 11.2. The summed E-state index contributed by atoms with van der Waals surface area (Å²) in [7, 11) is 1.65. The lowest BCUT2D eigenvalue weighted by atomic mass is 10.2. The predicted molar refractivity (Wildman–Crippen MR) is 99.9 cm³/mol. The molecule has 0 amide bonds.